The predicted octanol–water partition coefficient (Wildman–Crippen LogP) is 1.66. The van der Waals surface area contributed by atoms with Crippen LogP contribution < -0.4 is 0 Å². The molecule has 3 atom stereocenters. The highest BCUT2D eigenvalue weighted by Gasteiger charge is 2.53. The number of ether oxygens (including phenoxy) is 1. The monoisotopic (exact) mass is 432 g/mol. The van der Waals surface area contributed by atoms with Crippen molar-refractivity contribution in [3.05, 3.63) is 34.9 Å². The summed E-state index contributed by atoms with van der Waals surface area (Å²) in [5.41, 5.74) is 1.02. The Morgan fingerprint density at radius 3 is 2.37 bits per heavy atom. The number of urea groups is 1. The van der Waals surface area contributed by atoms with Crippen LogP contribution in [0.3, 0.4) is 0 Å². The lowest BCUT2D eigenvalue weighted by Gasteiger charge is -2.34. The minimum Gasteiger partial charge on any atom is -0.373 e. The molecule has 3 aliphatic rings. The molecule has 2 fully saturated rings. The van der Waals surface area contributed by atoms with Gasteiger partial charge in [-0.2, -0.15) is 0 Å². The molecule has 3 unspecified atom stereocenters. The molecule has 1 aromatic rings. The van der Waals surface area contributed by atoms with Gasteiger partial charge in [-0.05, 0) is 36.5 Å². The molecule has 2 saturated heterocycles. The number of carbonyl (C=O) groups is 2. The third-order valence-electron chi connectivity index (χ3n) is 5.74. The Labute approximate surface area is 181 Å². The van der Waals surface area contributed by atoms with E-state index >= 15 is 0 Å². The Morgan fingerprint density at radius 2 is 1.73 bits per heavy atom. The van der Waals surface area contributed by atoms with E-state index in [-0.39, 0.29) is 24.1 Å². The molecule has 0 radical (unpaired) electrons. The topological polar surface area (TPSA) is 68.5 Å². The van der Waals surface area contributed by atoms with Crippen molar-refractivity contribution in [2.24, 2.45) is 4.99 Å². The van der Waals surface area contributed by atoms with Gasteiger partial charge in [-0.1, -0.05) is 23.7 Å². The van der Waals surface area contributed by atoms with E-state index in [1.807, 2.05) is 28.8 Å². The lowest BCUT2D eigenvalue weighted by atomic mass is 10.1. The molecule has 160 valence electrons. The summed E-state index contributed by atoms with van der Waals surface area (Å²) >= 11 is 6.04. The maximum atomic E-state index is 13.0. The smallest absolute Gasteiger partial charge is 0.333 e. The Kier molecular flexibility index (Phi) is 5.65. The summed E-state index contributed by atoms with van der Waals surface area (Å²) in [5.74, 6) is 1.01. The van der Waals surface area contributed by atoms with Gasteiger partial charge in [0.25, 0.3) is 17.8 Å². The third-order valence-corrected chi connectivity index (χ3v) is 5.99. The number of hydrogen-bond acceptors (Lipinski definition) is 5. The van der Waals surface area contributed by atoms with Gasteiger partial charge in [0.15, 0.2) is 0 Å². The van der Waals surface area contributed by atoms with E-state index in [1.54, 1.807) is 7.05 Å². The second kappa shape index (κ2) is 8.09. The van der Waals surface area contributed by atoms with E-state index in [4.69, 9.17) is 21.3 Å². The van der Waals surface area contributed by atoms with Crippen LogP contribution in [0.5, 0.6) is 0 Å². The van der Waals surface area contributed by atoms with Crippen LogP contribution in [0.25, 0.3) is 0 Å². The molecule has 0 N–H and O–H groups in total. The Balaban J connectivity index is 1.69. The highest BCUT2D eigenvalue weighted by molar-refractivity contribution is 6.30. The van der Waals surface area contributed by atoms with Crippen LogP contribution in [0, 0.1) is 0 Å². The van der Waals surface area contributed by atoms with Gasteiger partial charge in [0, 0.05) is 32.2 Å². The second-order valence-electron chi connectivity index (χ2n) is 8.23. The van der Waals surface area contributed by atoms with Crippen LogP contribution in [-0.2, 0) is 16.1 Å². The van der Waals surface area contributed by atoms with Crippen molar-refractivity contribution in [3.8, 4) is 0 Å². The van der Waals surface area contributed by atoms with Gasteiger partial charge in [0.2, 0.25) is 0 Å². The SMILES string of the molecule is CC1CN(CC2=[N+](Cc3ccc(Cl)cc3)C3C(=O)N(C)C(=O)N(C)C3=N2)CC(C)O1. The average Bonchev–Trinajstić information content (AvgIpc) is 3.03. The summed E-state index contributed by atoms with van der Waals surface area (Å²) < 4.78 is 7.85. The first-order chi connectivity index (χ1) is 14.2. The van der Waals surface area contributed by atoms with Crippen LogP contribution in [0.15, 0.2) is 29.3 Å². The Bertz CT molecular complexity index is 919. The molecule has 0 saturated carbocycles. The van der Waals surface area contributed by atoms with Gasteiger partial charge in [-0.15, -0.1) is 0 Å². The fourth-order valence-electron chi connectivity index (χ4n) is 4.36. The number of morpholine rings is 1. The van der Waals surface area contributed by atoms with Crippen LogP contribution in [0.4, 0.5) is 4.79 Å². The fourth-order valence-corrected chi connectivity index (χ4v) is 4.48. The minimum absolute atomic E-state index is 0.132. The molecule has 4 rings (SSSR count). The standard InChI is InChI=1S/C21H27ClN5O3/c1-13-9-26(10-14(2)30-13)12-17-23-19-18(20(28)25(4)21(29)24(19)3)27(17)11-15-5-7-16(22)8-6-15/h5-8,13-14,18H,9-12H2,1-4H3/q+1. The molecule has 0 bridgehead atoms. The van der Waals surface area contributed by atoms with Crippen molar-refractivity contribution < 1.29 is 18.9 Å². The summed E-state index contributed by atoms with van der Waals surface area (Å²) in [5, 5.41) is 0.663. The zero-order chi connectivity index (χ0) is 21.6. The first kappa shape index (κ1) is 21.0. The van der Waals surface area contributed by atoms with Gasteiger partial charge >= 0.3 is 11.9 Å². The number of aliphatic imine (C=N–C) groups is 1. The van der Waals surface area contributed by atoms with E-state index in [1.165, 1.54) is 16.8 Å². The fraction of sp³-hybridized carbons (Fsp3) is 0.524. The van der Waals surface area contributed by atoms with Gasteiger partial charge in [-0.25, -0.2) is 9.37 Å². The minimum atomic E-state index is -0.612. The quantitative estimate of drug-likeness (QED) is 0.679. The third kappa shape index (κ3) is 3.87. The number of carbonyl (C=O) groups excluding carboxylic acids is 2. The van der Waals surface area contributed by atoms with Gasteiger partial charge < -0.3 is 4.74 Å². The zero-order valence-corrected chi connectivity index (χ0v) is 18.5. The number of benzene rings is 1. The summed E-state index contributed by atoms with van der Waals surface area (Å²) in [6.07, 6.45) is 0.264. The number of amidine groups is 2. The van der Waals surface area contributed by atoms with Crippen molar-refractivity contribution >= 4 is 35.2 Å². The molecule has 9 heteroatoms. The number of halogens is 1. The number of rotatable bonds is 4. The molecule has 1 aromatic carbocycles. The number of imide groups is 1. The largest absolute Gasteiger partial charge is 0.373 e. The lowest BCUT2D eigenvalue weighted by molar-refractivity contribution is -0.552. The van der Waals surface area contributed by atoms with E-state index in [9.17, 15) is 9.59 Å². The first-order valence-corrected chi connectivity index (χ1v) is 10.5. The number of fused-ring (bicyclic) bond motifs is 1. The summed E-state index contributed by atoms with van der Waals surface area (Å²) in [6, 6.07) is 6.59. The van der Waals surface area contributed by atoms with Gasteiger partial charge in [0.05, 0.1) is 12.2 Å². The van der Waals surface area contributed by atoms with Gasteiger partial charge in [0.1, 0.15) is 13.1 Å². The average molecular weight is 433 g/mol. The van der Waals surface area contributed by atoms with Crippen LogP contribution >= 0.6 is 11.6 Å². The van der Waals surface area contributed by atoms with Crippen molar-refractivity contribution in [2.45, 2.75) is 38.6 Å². The molecule has 8 nitrogen and oxygen atoms in total. The summed E-state index contributed by atoms with van der Waals surface area (Å²) in [7, 11) is 3.18. The van der Waals surface area contributed by atoms with E-state index in [0.717, 1.165) is 24.5 Å². The second-order valence-corrected chi connectivity index (χ2v) is 8.67. The molecular formula is C21H27ClN5O3+. The summed E-state index contributed by atoms with van der Waals surface area (Å²) in [6.45, 7) is 6.79. The molecule has 3 aliphatic heterocycles. The molecule has 0 aromatic heterocycles. The van der Waals surface area contributed by atoms with Crippen LogP contribution in [-0.4, -0.2) is 94.9 Å². The highest BCUT2D eigenvalue weighted by atomic mass is 35.5. The molecular weight excluding hydrogens is 406 g/mol. The number of hydrogen-bond donors (Lipinski definition) is 0. The van der Waals surface area contributed by atoms with Crippen molar-refractivity contribution in [3.63, 3.8) is 0 Å². The molecule has 3 heterocycles. The molecule has 0 spiro atoms. The Hall–Kier alpha value is -2.29. The maximum Gasteiger partial charge on any atom is 0.333 e. The molecule has 30 heavy (non-hydrogen) atoms. The summed E-state index contributed by atoms with van der Waals surface area (Å²) in [4.78, 5) is 35.2. The number of nitrogens with zero attached hydrogens (tertiary/aromatic N) is 5. The lowest BCUT2D eigenvalue weighted by Crippen LogP contribution is -2.61. The van der Waals surface area contributed by atoms with E-state index < -0.39 is 6.04 Å². The first-order valence-electron chi connectivity index (χ1n) is 10.1. The van der Waals surface area contributed by atoms with E-state index in [2.05, 4.69) is 18.7 Å². The maximum absolute atomic E-state index is 13.0. The van der Waals surface area contributed by atoms with Crippen molar-refractivity contribution in [1.29, 1.82) is 0 Å². The van der Waals surface area contributed by atoms with Crippen molar-refractivity contribution in [1.82, 2.24) is 14.7 Å². The highest BCUT2D eigenvalue weighted by Crippen LogP contribution is 2.22. The normalized spacial score (nSPS) is 27.6. The molecule has 3 amide bonds. The molecule has 0 aliphatic carbocycles. The van der Waals surface area contributed by atoms with Gasteiger partial charge in [-0.3, -0.25) is 19.5 Å². The Morgan fingerprint density at radius 1 is 1.10 bits per heavy atom. The number of amides is 3. The number of likely N-dealkylation sites (N-methyl/N-ethyl adjacent to an activating group) is 2. The van der Waals surface area contributed by atoms with Crippen molar-refractivity contribution in [2.75, 3.05) is 33.7 Å². The van der Waals surface area contributed by atoms with Crippen LogP contribution in [0.2, 0.25) is 5.02 Å². The van der Waals surface area contributed by atoms with Crippen LogP contribution in [0.1, 0.15) is 19.4 Å². The zero-order valence-electron chi connectivity index (χ0n) is 17.7. The van der Waals surface area contributed by atoms with E-state index in [0.29, 0.717) is 23.9 Å². The predicted molar refractivity (Wildman–Crippen MR) is 114 cm³/mol.